The number of nitrogens with one attached hydrogen (secondary N) is 1. The Morgan fingerprint density at radius 2 is 2.13 bits per heavy atom. The zero-order chi connectivity index (χ0) is 11.3. The van der Waals surface area contributed by atoms with Gasteiger partial charge in [0, 0.05) is 6.61 Å². The minimum Gasteiger partial charge on any atom is -0.468 e. The summed E-state index contributed by atoms with van der Waals surface area (Å²) in [7, 11) is 1.43. The molecule has 0 saturated heterocycles. The van der Waals surface area contributed by atoms with Gasteiger partial charge in [-0.15, -0.1) is 0 Å². The standard InChI is InChI=1S/C11H21NO3/c1-4-12-11(8-15-5-2,9-6-7-9)10(13)14-3/h9,12H,4-8H2,1-3H3. The van der Waals surface area contributed by atoms with E-state index >= 15 is 0 Å². The molecule has 1 fully saturated rings. The lowest BCUT2D eigenvalue weighted by molar-refractivity contribution is -0.152. The Labute approximate surface area is 91.3 Å². The number of rotatable bonds is 7. The average molecular weight is 215 g/mol. The van der Waals surface area contributed by atoms with Gasteiger partial charge in [0.1, 0.15) is 5.54 Å². The predicted molar refractivity (Wildman–Crippen MR) is 57.6 cm³/mol. The van der Waals surface area contributed by atoms with Crippen molar-refractivity contribution in [2.24, 2.45) is 5.92 Å². The van der Waals surface area contributed by atoms with E-state index in [1.54, 1.807) is 0 Å². The highest BCUT2D eigenvalue weighted by Crippen LogP contribution is 2.40. The first-order valence-electron chi connectivity index (χ1n) is 5.62. The molecule has 1 atom stereocenters. The van der Waals surface area contributed by atoms with Crippen molar-refractivity contribution < 1.29 is 14.3 Å². The maximum Gasteiger partial charge on any atom is 0.328 e. The van der Waals surface area contributed by atoms with E-state index < -0.39 is 5.54 Å². The molecular formula is C11H21NO3. The molecule has 0 heterocycles. The van der Waals surface area contributed by atoms with Crippen LogP contribution in [0.3, 0.4) is 0 Å². The summed E-state index contributed by atoms with van der Waals surface area (Å²) in [4.78, 5) is 11.8. The number of likely N-dealkylation sites (N-methyl/N-ethyl adjacent to an activating group) is 1. The Morgan fingerprint density at radius 3 is 2.53 bits per heavy atom. The molecule has 0 aromatic rings. The van der Waals surface area contributed by atoms with Crippen LogP contribution in [0.5, 0.6) is 0 Å². The number of methoxy groups -OCH3 is 1. The van der Waals surface area contributed by atoms with E-state index in [9.17, 15) is 4.79 Å². The van der Waals surface area contributed by atoms with Gasteiger partial charge in [0.15, 0.2) is 0 Å². The maximum atomic E-state index is 11.8. The minimum absolute atomic E-state index is 0.194. The van der Waals surface area contributed by atoms with Crippen LogP contribution in [0.1, 0.15) is 26.7 Å². The predicted octanol–water partition coefficient (Wildman–Crippen LogP) is 0.954. The first kappa shape index (κ1) is 12.5. The zero-order valence-electron chi connectivity index (χ0n) is 9.84. The van der Waals surface area contributed by atoms with Gasteiger partial charge in [0.25, 0.3) is 0 Å². The highest BCUT2D eigenvalue weighted by Gasteiger charge is 2.51. The van der Waals surface area contributed by atoms with Gasteiger partial charge in [-0.25, -0.2) is 4.79 Å². The molecule has 0 bridgehead atoms. The van der Waals surface area contributed by atoms with E-state index in [2.05, 4.69) is 5.32 Å². The van der Waals surface area contributed by atoms with Gasteiger partial charge in [-0.05, 0) is 32.2 Å². The molecule has 1 aliphatic carbocycles. The van der Waals surface area contributed by atoms with E-state index in [-0.39, 0.29) is 5.97 Å². The molecule has 0 radical (unpaired) electrons. The average Bonchev–Trinajstić information content (AvgIpc) is 3.07. The molecule has 15 heavy (non-hydrogen) atoms. The van der Waals surface area contributed by atoms with Crippen LogP contribution in [0.2, 0.25) is 0 Å². The van der Waals surface area contributed by atoms with Gasteiger partial charge < -0.3 is 9.47 Å². The van der Waals surface area contributed by atoms with Crippen LogP contribution in [0, 0.1) is 5.92 Å². The Kier molecular flexibility index (Phi) is 4.54. The summed E-state index contributed by atoms with van der Waals surface area (Å²) >= 11 is 0. The second-order valence-electron chi connectivity index (χ2n) is 3.90. The first-order chi connectivity index (χ1) is 7.21. The summed E-state index contributed by atoms with van der Waals surface area (Å²) in [6, 6.07) is 0. The molecule has 0 spiro atoms. The van der Waals surface area contributed by atoms with E-state index in [4.69, 9.17) is 9.47 Å². The van der Waals surface area contributed by atoms with Crippen LogP contribution >= 0.6 is 0 Å². The van der Waals surface area contributed by atoms with Gasteiger partial charge in [-0.2, -0.15) is 0 Å². The van der Waals surface area contributed by atoms with Gasteiger partial charge >= 0.3 is 5.97 Å². The maximum absolute atomic E-state index is 11.8. The molecule has 1 unspecified atom stereocenters. The third-order valence-electron chi connectivity index (χ3n) is 2.85. The summed E-state index contributed by atoms with van der Waals surface area (Å²) in [5.74, 6) is 0.178. The highest BCUT2D eigenvalue weighted by atomic mass is 16.5. The van der Waals surface area contributed by atoms with Crippen LogP contribution in [0.4, 0.5) is 0 Å². The summed E-state index contributed by atoms with van der Waals surface area (Å²) in [6.45, 7) is 5.71. The van der Waals surface area contributed by atoms with Crippen molar-refractivity contribution in [1.82, 2.24) is 5.32 Å². The summed E-state index contributed by atoms with van der Waals surface area (Å²) in [6.07, 6.45) is 2.16. The monoisotopic (exact) mass is 215 g/mol. The van der Waals surface area contributed by atoms with E-state index in [1.165, 1.54) is 7.11 Å². The van der Waals surface area contributed by atoms with Gasteiger partial charge in [0.2, 0.25) is 0 Å². The fraction of sp³-hybridized carbons (Fsp3) is 0.909. The van der Waals surface area contributed by atoms with Crippen molar-refractivity contribution in [3.8, 4) is 0 Å². The molecule has 0 amide bonds. The lowest BCUT2D eigenvalue weighted by atomic mass is 9.94. The van der Waals surface area contributed by atoms with Gasteiger partial charge in [-0.1, -0.05) is 6.92 Å². The molecule has 0 aromatic heterocycles. The van der Waals surface area contributed by atoms with E-state index in [1.807, 2.05) is 13.8 Å². The number of hydrogen-bond donors (Lipinski definition) is 1. The second kappa shape index (κ2) is 5.47. The Balaban J connectivity index is 2.73. The third-order valence-corrected chi connectivity index (χ3v) is 2.85. The molecule has 1 rings (SSSR count). The second-order valence-corrected chi connectivity index (χ2v) is 3.90. The lowest BCUT2D eigenvalue weighted by Crippen LogP contribution is -2.58. The molecule has 4 heteroatoms. The summed E-state index contributed by atoms with van der Waals surface area (Å²) in [5, 5.41) is 3.24. The van der Waals surface area contributed by atoms with Crippen LogP contribution in [-0.2, 0) is 14.3 Å². The van der Waals surface area contributed by atoms with Crippen molar-refractivity contribution in [3.05, 3.63) is 0 Å². The van der Waals surface area contributed by atoms with Gasteiger partial charge in [0.05, 0.1) is 13.7 Å². The summed E-state index contributed by atoms with van der Waals surface area (Å²) in [5.41, 5.74) is -0.612. The molecule has 0 aromatic carbocycles. The number of esters is 1. The molecule has 1 saturated carbocycles. The first-order valence-corrected chi connectivity index (χ1v) is 5.62. The third kappa shape index (κ3) is 2.69. The smallest absolute Gasteiger partial charge is 0.328 e. The Morgan fingerprint density at radius 1 is 1.47 bits per heavy atom. The summed E-state index contributed by atoms with van der Waals surface area (Å²) < 4.78 is 10.3. The topological polar surface area (TPSA) is 47.6 Å². The van der Waals surface area contributed by atoms with Crippen molar-refractivity contribution in [2.75, 3.05) is 26.9 Å². The number of carbonyl (C=O) groups excluding carboxylic acids is 1. The fourth-order valence-electron chi connectivity index (χ4n) is 1.95. The van der Waals surface area contributed by atoms with Crippen molar-refractivity contribution >= 4 is 5.97 Å². The van der Waals surface area contributed by atoms with E-state index in [0.29, 0.717) is 19.1 Å². The van der Waals surface area contributed by atoms with E-state index in [0.717, 1.165) is 19.4 Å². The van der Waals surface area contributed by atoms with Crippen molar-refractivity contribution in [2.45, 2.75) is 32.2 Å². The van der Waals surface area contributed by atoms with Crippen molar-refractivity contribution in [1.29, 1.82) is 0 Å². The largest absolute Gasteiger partial charge is 0.468 e. The number of ether oxygens (including phenoxy) is 2. The minimum atomic E-state index is -0.612. The quantitative estimate of drug-likeness (QED) is 0.642. The van der Waals surface area contributed by atoms with Crippen LogP contribution in [0.15, 0.2) is 0 Å². The van der Waals surface area contributed by atoms with Crippen LogP contribution in [-0.4, -0.2) is 38.4 Å². The number of carbonyl (C=O) groups is 1. The Bertz CT molecular complexity index is 216. The normalized spacial score (nSPS) is 19.7. The molecule has 1 aliphatic rings. The molecule has 1 N–H and O–H groups in total. The highest BCUT2D eigenvalue weighted by molar-refractivity contribution is 5.82. The molecule has 88 valence electrons. The zero-order valence-corrected chi connectivity index (χ0v) is 9.84. The van der Waals surface area contributed by atoms with Crippen LogP contribution in [0.25, 0.3) is 0 Å². The van der Waals surface area contributed by atoms with Crippen molar-refractivity contribution in [3.63, 3.8) is 0 Å². The molecular weight excluding hydrogens is 194 g/mol. The molecule has 0 aliphatic heterocycles. The SMILES string of the molecule is CCNC(COCC)(C(=O)OC)C1CC1. The van der Waals surface area contributed by atoms with Gasteiger partial charge in [-0.3, -0.25) is 5.32 Å². The molecule has 4 nitrogen and oxygen atoms in total. The fourth-order valence-corrected chi connectivity index (χ4v) is 1.95. The van der Waals surface area contributed by atoms with Crippen LogP contribution < -0.4 is 5.32 Å². The lowest BCUT2D eigenvalue weighted by Gasteiger charge is -2.31. The Hall–Kier alpha value is -0.610. The number of hydrogen-bond acceptors (Lipinski definition) is 4.